The van der Waals surface area contributed by atoms with Gasteiger partial charge in [0.1, 0.15) is 0 Å². The maximum absolute atomic E-state index is 10.8. The molecule has 6 nitrogen and oxygen atoms in total. The first-order valence-electron chi connectivity index (χ1n) is 4.15. The van der Waals surface area contributed by atoms with Gasteiger partial charge in [0.15, 0.2) is 0 Å². The summed E-state index contributed by atoms with van der Waals surface area (Å²) >= 11 is 0. The summed E-state index contributed by atoms with van der Waals surface area (Å²) in [6, 6.07) is 0. The maximum Gasteiger partial charge on any atom is 0.311 e. The number of carboxylic acid groups (broad SMARTS) is 2. The van der Waals surface area contributed by atoms with Gasteiger partial charge in [0.2, 0.25) is 0 Å². The molecule has 15 heavy (non-hydrogen) atoms. The largest absolute Gasteiger partial charge is 0.481 e. The molecule has 1 heterocycles. The van der Waals surface area contributed by atoms with E-state index in [1.165, 1.54) is 23.3 Å². The molecule has 0 spiro atoms. The van der Waals surface area contributed by atoms with Gasteiger partial charge in [-0.15, -0.1) is 0 Å². The van der Waals surface area contributed by atoms with Crippen LogP contribution in [-0.2, 0) is 9.59 Å². The molecule has 0 radical (unpaired) electrons. The van der Waals surface area contributed by atoms with Crippen LogP contribution in [0.4, 0.5) is 0 Å². The molecule has 0 bridgehead atoms. The lowest BCUT2D eigenvalue weighted by Crippen LogP contribution is -2.15. The molecule has 0 saturated heterocycles. The van der Waals surface area contributed by atoms with Crippen LogP contribution >= 0.6 is 0 Å². The molecule has 80 valence electrons. The fraction of sp³-hybridized carbons (Fsp3) is 0.222. The zero-order chi connectivity index (χ0) is 11.4. The van der Waals surface area contributed by atoms with Crippen LogP contribution in [0.2, 0.25) is 0 Å². The Hall–Kier alpha value is -2.11. The molecule has 2 N–H and O–H groups in total. The predicted octanol–water partition coefficient (Wildman–Crippen LogP) is 0.626. The smallest absolute Gasteiger partial charge is 0.311 e. The number of rotatable bonds is 5. The predicted molar refractivity (Wildman–Crippen MR) is 51.2 cm³/mol. The number of hydrogen-bond acceptors (Lipinski definition) is 3. The summed E-state index contributed by atoms with van der Waals surface area (Å²) in [6.07, 6.45) is 3.69. The summed E-state index contributed by atoms with van der Waals surface area (Å²) in [5.74, 6) is -3.41. The molecule has 1 aromatic rings. The second kappa shape index (κ2) is 4.41. The highest BCUT2D eigenvalue weighted by atomic mass is 16.4. The summed E-state index contributed by atoms with van der Waals surface area (Å²) in [5.41, 5.74) is 0.352. The summed E-state index contributed by atoms with van der Waals surface area (Å²) in [4.78, 5) is 21.3. The van der Waals surface area contributed by atoms with Crippen LogP contribution < -0.4 is 0 Å². The molecule has 0 aliphatic heterocycles. The van der Waals surface area contributed by atoms with E-state index in [4.69, 9.17) is 10.2 Å². The Morgan fingerprint density at radius 3 is 2.67 bits per heavy atom. The number of carbonyl (C=O) groups is 2. The molecule has 0 saturated carbocycles. The van der Waals surface area contributed by atoms with E-state index in [2.05, 4.69) is 11.7 Å². The van der Waals surface area contributed by atoms with Crippen molar-refractivity contribution in [3.05, 3.63) is 24.5 Å². The van der Waals surface area contributed by atoms with Crippen molar-refractivity contribution in [2.75, 3.05) is 0 Å². The van der Waals surface area contributed by atoms with Crippen LogP contribution in [0.5, 0.6) is 0 Å². The fourth-order valence-corrected chi connectivity index (χ4v) is 1.15. The second-order valence-corrected chi connectivity index (χ2v) is 2.92. The monoisotopic (exact) mass is 210 g/mol. The van der Waals surface area contributed by atoms with Crippen molar-refractivity contribution in [3.63, 3.8) is 0 Å². The Morgan fingerprint density at radius 1 is 1.60 bits per heavy atom. The zero-order valence-electron chi connectivity index (χ0n) is 7.83. The topological polar surface area (TPSA) is 92.4 Å². The van der Waals surface area contributed by atoms with Gasteiger partial charge in [0.25, 0.3) is 0 Å². The van der Waals surface area contributed by atoms with E-state index < -0.39 is 24.3 Å². The first-order chi connectivity index (χ1) is 7.04. The van der Waals surface area contributed by atoms with E-state index >= 15 is 0 Å². The van der Waals surface area contributed by atoms with Gasteiger partial charge in [-0.1, -0.05) is 6.58 Å². The summed E-state index contributed by atoms with van der Waals surface area (Å²) in [5, 5.41) is 21.2. The second-order valence-electron chi connectivity index (χ2n) is 2.92. The number of aliphatic carboxylic acids is 2. The molecular weight excluding hydrogens is 200 g/mol. The number of aromatic nitrogens is 2. The summed E-state index contributed by atoms with van der Waals surface area (Å²) in [7, 11) is 0. The third kappa shape index (κ3) is 2.67. The molecule has 6 heteroatoms. The highest BCUT2D eigenvalue weighted by Gasteiger charge is 2.24. The quantitative estimate of drug-likeness (QED) is 0.743. The standard InChI is InChI=1S/C9H10N2O4/c1-2-11-5-6(4-10-11)7(9(14)15)3-8(12)13/h2,4-5,7H,1,3H2,(H,12,13)(H,14,15). The number of carboxylic acids is 2. The van der Waals surface area contributed by atoms with Crippen LogP contribution in [0.1, 0.15) is 17.9 Å². The van der Waals surface area contributed by atoms with Crippen LogP contribution in [0.15, 0.2) is 19.0 Å². The summed E-state index contributed by atoms with van der Waals surface area (Å²) < 4.78 is 1.33. The first-order valence-corrected chi connectivity index (χ1v) is 4.15. The molecule has 0 aromatic carbocycles. The molecule has 1 aromatic heterocycles. The van der Waals surface area contributed by atoms with Crippen molar-refractivity contribution in [1.29, 1.82) is 0 Å². The molecular formula is C9H10N2O4. The molecule has 0 amide bonds. The highest BCUT2D eigenvalue weighted by molar-refractivity contribution is 5.82. The van der Waals surface area contributed by atoms with E-state index in [0.29, 0.717) is 5.56 Å². The Bertz CT molecular complexity index is 397. The van der Waals surface area contributed by atoms with Gasteiger partial charge in [-0.2, -0.15) is 5.10 Å². The van der Waals surface area contributed by atoms with E-state index in [9.17, 15) is 9.59 Å². The van der Waals surface area contributed by atoms with Crippen molar-refractivity contribution in [3.8, 4) is 0 Å². The Morgan fingerprint density at radius 2 is 2.27 bits per heavy atom. The van der Waals surface area contributed by atoms with Crippen molar-refractivity contribution >= 4 is 18.1 Å². The maximum atomic E-state index is 10.8. The van der Waals surface area contributed by atoms with Crippen molar-refractivity contribution in [2.45, 2.75) is 12.3 Å². The third-order valence-electron chi connectivity index (χ3n) is 1.89. The molecule has 1 rings (SSSR count). The van der Waals surface area contributed by atoms with Crippen LogP contribution in [0.3, 0.4) is 0 Å². The first kappa shape index (κ1) is 11.0. The molecule has 0 aliphatic rings. The van der Waals surface area contributed by atoms with E-state index in [-0.39, 0.29) is 0 Å². The average Bonchev–Trinajstić information content (AvgIpc) is 2.61. The van der Waals surface area contributed by atoms with Gasteiger partial charge in [0, 0.05) is 18.0 Å². The van der Waals surface area contributed by atoms with Crippen molar-refractivity contribution in [1.82, 2.24) is 9.78 Å². The Balaban J connectivity index is 2.93. The lowest BCUT2D eigenvalue weighted by molar-refractivity contribution is -0.145. The minimum atomic E-state index is -1.18. The normalized spacial score (nSPS) is 12.0. The number of hydrogen-bond donors (Lipinski definition) is 2. The van der Waals surface area contributed by atoms with Gasteiger partial charge < -0.3 is 10.2 Å². The van der Waals surface area contributed by atoms with Gasteiger partial charge in [-0.25, -0.2) is 4.68 Å². The third-order valence-corrected chi connectivity index (χ3v) is 1.89. The van der Waals surface area contributed by atoms with Crippen LogP contribution in [0.25, 0.3) is 6.20 Å². The van der Waals surface area contributed by atoms with Crippen molar-refractivity contribution in [2.24, 2.45) is 0 Å². The van der Waals surface area contributed by atoms with Gasteiger partial charge in [-0.05, 0) is 0 Å². The van der Waals surface area contributed by atoms with Crippen molar-refractivity contribution < 1.29 is 19.8 Å². The van der Waals surface area contributed by atoms with E-state index in [0.717, 1.165) is 0 Å². The number of nitrogens with zero attached hydrogens (tertiary/aromatic N) is 2. The average molecular weight is 210 g/mol. The molecule has 1 atom stereocenters. The molecule has 0 fully saturated rings. The van der Waals surface area contributed by atoms with E-state index in [1.54, 1.807) is 0 Å². The van der Waals surface area contributed by atoms with Gasteiger partial charge in [-0.3, -0.25) is 9.59 Å². The molecule has 0 aliphatic carbocycles. The zero-order valence-corrected chi connectivity index (χ0v) is 7.83. The van der Waals surface area contributed by atoms with Crippen LogP contribution in [0, 0.1) is 0 Å². The lowest BCUT2D eigenvalue weighted by atomic mass is 9.99. The SMILES string of the molecule is C=Cn1cc(C(CC(=O)O)C(=O)O)cn1. The van der Waals surface area contributed by atoms with E-state index in [1.807, 2.05) is 0 Å². The minimum Gasteiger partial charge on any atom is -0.481 e. The minimum absolute atomic E-state index is 0.352. The highest BCUT2D eigenvalue weighted by Crippen LogP contribution is 2.19. The van der Waals surface area contributed by atoms with Gasteiger partial charge >= 0.3 is 11.9 Å². The molecule has 1 unspecified atom stereocenters. The Labute approximate surface area is 85.5 Å². The summed E-state index contributed by atoms with van der Waals surface area (Å²) in [6.45, 7) is 3.45. The lowest BCUT2D eigenvalue weighted by Gasteiger charge is -2.05. The van der Waals surface area contributed by atoms with Crippen LogP contribution in [-0.4, -0.2) is 31.9 Å². The fourth-order valence-electron chi connectivity index (χ4n) is 1.15. The van der Waals surface area contributed by atoms with Gasteiger partial charge in [0.05, 0.1) is 18.5 Å². The Kier molecular flexibility index (Phi) is 3.22.